The molecule has 0 aliphatic carbocycles. The largest absolute Gasteiger partial charge is 0.435 e. The van der Waals surface area contributed by atoms with Crippen molar-refractivity contribution in [2.75, 3.05) is 0 Å². The highest BCUT2D eigenvalue weighted by Crippen LogP contribution is 2.18. The van der Waals surface area contributed by atoms with Crippen LogP contribution in [0.4, 0.5) is 8.78 Å². The van der Waals surface area contributed by atoms with E-state index in [2.05, 4.69) is 20.2 Å². The number of halogens is 2. The number of aromatic nitrogens is 2. The minimum atomic E-state index is -2.89. The van der Waals surface area contributed by atoms with E-state index in [0.717, 1.165) is 0 Å². The molecule has 1 aromatic carbocycles. The van der Waals surface area contributed by atoms with E-state index in [-0.39, 0.29) is 18.2 Å². The highest BCUT2D eigenvalue weighted by molar-refractivity contribution is 5.96. The van der Waals surface area contributed by atoms with Gasteiger partial charge in [0.15, 0.2) is 0 Å². The highest BCUT2D eigenvalue weighted by Gasteiger charge is 2.12. The number of amides is 1. The molecule has 0 fully saturated rings. The van der Waals surface area contributed by atoms with Crippen LogP contribution in [0.1, 0.15) is 21.6 Å². The Morgan fingerprint density at radius 1 is 1.38 bits per heavy atom. The van der Waals surface area contributed by atoms with Crippen molar-refractivity contribution in [2.24, 2.45) is 0 Å². The summed E-state index contributed by atoms with van der Waals surface area (Å²) in [6, 6.07) is 7.78. The molecule has 2 heterocycles. The molecular formula is C16H13F2N3O3. The molecule has 0 saturated carbocycles. The third kappa shape index (κ3) is 3.48. The van der Waals surface area contributed by atoms with Crippen LogP contribution in [0.2, 0.25) is 0 Å². The van der Waals surface area contributed by atoms with Crippen molar-refractivity contribution in [1.82, 2.24) is 15.5 Å². The van der Waals surface area contributed by atoms with Crippen LogP contribution in [-0.4, -0.2) is 22.7 Å². The van der Waals surface area contributed by atoms with E-state index < -0.39 is 6.61 Å². The van der Waals surface area contributed by atoms with Gasteiger partial charge in [0.2, 0.25) is 0 Å². The van der Waals surface area contributed by atoms with E-state index in [4.69, 9.17) is 4.52 Å². The van der Waals surface area contributed by atoms with Crippen molar-refractivity contribution in [3.8, 4) is 5.75 Å². The van der Waals surface area contributed by atoms with Crippen LogP contribution in [0.3, 0.4) is 0 Å². The van der Waals surface area contributed by atoms with Crippen LogP contribution in [0.25, 0.3) is 11.1 Å². The molecular weight excluding hydrogens is 320 g/mol. The fourth-order valence-electron chi connectivity index (χ4n) is 2.19. The number of rotatable bonds is 5. The lowest BCUT2D eigenvalue weighted by Gasteiger charge is -2.08. The normalized spacial score (nSPS) is 11.0. The second-order valence-corrected chi connectivity index (χ2v) is 5.05. The van der Waals surface area contributed by atoms with Crippen LogP contribution in [-0.2, 0) is 6.54 Å². The quantitative estimate of drug-likeness (QED) is 0.776. The van der Waals surface area contributed by atoms with Gasteiger partial charge in [-0.15, -0.1) is 0 Å². The monoisotopic (exact) mass is 333 g/mol. The average Bonchev–Trinajstić information content (AvgIpc) is 2.93. The first-order chi connectivity index (χ1) is 11.5. The molecule has 3 rings (SSSR count). The molecule has 0 saturated heterocycles. The maximum Gasteiger partial charge on any atom is 0.387 e. The van der Waals surface area contributed by atoms with Gasteiger partial charge in [-0.25, -0.2) is 4.98 Å². The van der Waals surface area contributed by atoms with Crippen LogP contribution in [0.15, 0.2) is 41.1 Å². The van der Waals surface area contributed by atoms with Gasteiger partial charge < -0.3 is 14.6 Å². The number of alkyl halides is 2. The Hall–Kier alpha value is -3.03. The maximum atomic E-state index is 12.2. The minimum absolute atomic E-state index is 0.0416. The van der Waals surface area contributed by atoms with E-state index in [1.165, 1.54) is 18.3 Å². The Morgan fingerprint density at radius 2 is 2.21 bits per heavy atom. The highest BCUT2D eigenvalue weighted by atomic mass is 19.3. The molecule has 0 unspecified atom stereocenters. The van der Waals surface area contributed by atoms with E-state index >= 15 is 0 Å². The first-order valence-electron chi connectivity index (χ1n) is 7.07. The minimum Gasteiger partial charge on any atom is -0.435 e. The molecule has 1 amide bonds. The third-order valence-corrected chi connectivity index (χ3v) is 3.35. The van der Waals surface area contributed by atoms with Crippen LogP contribution >= 0.6 is 0 Å². The number of benzene rings is 1. The molecule has 124 valence electrons. The second-order valence-electron chi connectivity index (χ2n) is 5.05. The lowest BCUT2D eigenvalue weighted by atomic mass is 10.2. The Labute approximate surface area is 135 Å². The predicted molar refractivity (Wildman–Crippen MR) is 80.8 cm³/mol. The molecule has 0 bridgehead atoms. The number of carbonyl (C=O) groups excluding carboxylic acids is 1. The van der Waals surface area contributed by atoms with Gasteiger partial charge in [-0.1, -0.05) is 17.3 Å². The fourth-order valence-corrected chi connectivity index (χ4v) is 2.19. The molecule has 6 nitrogen and oxygen atoms in total. The topological polar surface area (TPSA) is 77.2 Å². The number of aryl methyl sites for hydroxylation is 1. The molecule has 1 N–H and O–H groups in total. The number of pyridine rings is 1. The number of fused-ring (bicyclic) bond motifs is 1. The molecule has 3 aromatic rings. The summed E-state index contributed by atoms with van der Waals surface area (Å²) in [6.45, 7) is -0.969. The van der Waals surface area contributed by atoms with Gasteiger partial charge in [0.1, 0.15) is 5.75 Å². The Kier molecular flexibility index (Phi) is 4.37. The smallest absolute Gasteiger partial charge is 0.387 e. The number of ether oxygens (including phenoxy) is 1. The third-order valence-electron chi connectivity index (χ3n) is 3.35. The molecule has 8 heteroatoms. The van der Waals surface area contributed by atoms with Gasteiger partial charge in [0.05, 0.1) is 16.6 Å². The molecule has 2 aromatic heterocycles. The summed E-state index contributed by atoms with van der Waals surface area (Å²) < 4.78 is 33.7. The predicted octanol–water partition coefficient (Wildman–Crippen LogP) is 3.06. The number of carbonyl (C=O) groups is 1. The summed E-state index contributed by atoms with van der Waals surface area (Å²) in [5.41, 5.74) is 2.00. The van der Waals surface area contributed by atoms with Crippen LogP contribution < -0.4 is 10.1 Å². The van der Waals surface area contributed by atoms with E-state index in [1.54, 1.807) is 25.1 Å². The van der Waals surface area contributed by atoms with Gasteiger partial charge in [0.25, 0.3) is 11.6 Å². The number of nitrogens with one attached hydrogen (secondary N) is 1. The Bertz CT molecular complexity index is 880. The SMILES string of the molecule is Cc1noc2ncc(C(=O)NCc3cccc(OC(F)F)c3)cc12. The zero-order valence-electron chi connectivity index (χ0n) is 12.6. The summed E-state index contributed by atoms with van der Waals surface area (Å²) >= 11 is 0. The zero-order chi connectivity index (χ0) is 17.1. The van der Waals surface area contributed by atoms with Crippen molar-refractivity contribution in [3.63, 3.8) is 0 Å². The number of hydrogen-bond acceptors (Lipinski definition) is 5. The molecule has 0 aliphatic rings. The van der Waals surface area contributed by atoms with Crippen molar-refractivity contribution in [1.29, 1.82) is 0 Å². The van der Waals surface area contributed by atoms with Crippen molar-refractivity contribution in [3.05, 3.63) is 53.3 Å². The summed E-state index contributed by atoms with van der Waals surface area (Å²) in [7, 11) is 0. The van der Waals surface area contributed by atoms with Gasteiger partial charge in [-0.2, -0.15) is 8.78 Å². The van der Waals surface area contributed by atoms with E-state index in [0.29, 0.717) is 27.9 Å². The van der Waals surface area contributed by atoms with Crippen LogP contribution in [0, 0.1) is 6.92 Å². The molecule has 0 atom stereocenters. The summed E-state index contributed by atoms with van der Waals surface area (Å²) in [6.07, 6.45) is 1.39. The van der Waals surface area contributed by atoms with Crippen molar-refractivity contribution >= 4 is 17.0 Å². The summed E-state index contributed by atoms with van der Waals surface area (Å²) in [5, 5.41) is 7.14. The average molecular weight is 333 g/mol. The Balaban J connectivity index is 1.69. The van der Waals surface area contributed by atoms with Gasteiger partial charge in [-0.05, 0) is 30.7 Å². The van der Waals surface area contributed by atoms with E-state index in [1.807, 2.05) is 0 Å². The number of hydrogen-bond donors (Lipinski definition) is 1. The fraction of sp³-hybridized carbons (Fsp3) is 0.188. The Morgan fingerprint density at radius 3 is 3.00 bits per heavy atom. The first kappa shape index (κ1) is 15.9. The lowest BCUT2D eigenvalue weighted by molar-refractivity contribution is -0.0498. The molecule has 24 heavy (non-hydrogen) atoms. The number of nitrogens with zero attached hydrogens (tertiary/aromatic N) is 2. The van der Waals surface area contributed by atoms with E-state index in [9.17, 15) is 13.6 Å². The zero-order valence-corrected chi connectivity index (χ0v) is 12.6. The van der Waals surface area contributed by atoms with Crippen LogP contribution in [0.5, 0.6) is 5.75 Å². The van der Waals surface area contributed by atoms with Gasteiger partial charge in [-0.3, -0.25) is 4.79 Å². The second kappa shape index (κ2) is 6.61. The van der Waals surface area contributed by atoms with Crippen molar-refractivity contribution < 1.29 is 22.8 Å². The maximum absolute atomic E-state index is 12.2. The molecule has 0 radical (unpaired) electrons. The summed E-state index contributed by atoms with van der Waals surface area (Å²) in [5.74, 6) is -0.301. The lowest BCUT2D eigenvalue weighted by Crippen LogP contribution is -2.22. The van der Waals surface area contributed by atoms with Gasteiger partial charge >= 0.3 is 6.61 Å². The van der Waals surface area contributed by atoms with Gasteiger partial charge in [0, 0.05) is 12.7 Å². The van der Waals surface area contributed by atoms with Crippen molar-refractivity contribution in [2.45, 2.75) is 20.1 Å². The molecule has 0 aliphatic heterocycles. The molecule has 0 spiro atoms. The standard InChI is InChI=1S/C16H13F2N3O3/c1-9-13-6-11(8-20-15(13)24-21-9)14(22)19-7-10-3-2-4-12(5-10)23-16(17)18/h2-6,8,16H,7H2,1H3,(H,19,22). The summed E-state index contributed by atoms with van der Waals surface area (Å²) in [4.78, 5) is 16.2. The first-order valence-corrected chi connectivity index (χ1v) is 7.07.